The van der Waals surface area contributed by atoms with Crippen LogP contribution in [0.4, 0.5) is 0 Å². The summed E-state index contributed by atoms with van der Waals surface area (Å²) in [5.74, 6) is -3.01. The van der Waals surface area contributed by atoms with Gasteiger partial charge in [-0.1, -0.05) is 42.5 Å². The lowest BCUT2D eigenvalue weighted by Gasteiger charge is -2.42. The van der Waals surface area contributed by atoms with Gasteiger partial charge in [0.05, 0.1) is 5.57 Å². The van der Waals surface area contributed by atoms with Gasteiger partial charge in [-0.25, -0.2) is 0 Å². The summed E-state index contributed by atoms with van der Waals surface area (Å²) in [7, 11) is -4.11. The van der Waals surface area contributed by atoms with Crippen LogP contribution < -0.4 is 5.32 Å². The Balaban J connectivity index is 1.48. The molecule has 1 spiro atoms. The molecular formula is C25H15NO7S. The number of nitrogens with one attached hydrogen (secondary N) is 1. The summed E-state index contributed by atoms with van der Waals surface area (Å²) >= 11 is 0. The average molecular weight is 473 g/mol. The van der Waals surface area contributed by atoms with Crippen LogP contribution in [0.15, 0.2) is 118 Å². The van der Waals surface area contributed by atoms with Gasteiger partial charge in [-0.05, 0) is 30.4 Å². The topological polar surface area (TPSA) is 116 Å². The molecule has 168 valence electrons. The molecule has 0 bridgehead atoms. The third-order valence-electron chi connectivity index (χ3n) is 6.12. The van der Waals surface area contributed by atoms with E-state index in [4.69, 9.17) is 8.92 Å². The number of hydrogen-bond acceptors (Lipinski definition) is 7. The van der Waals surface area contributed by atoms with Gasteiger partial charge in [-0.2, -0.15) is 8.42 Å². The van der Waals surface area contributed by atoms with Gasteiger partial charge < -0.3 is 8.92 Å². The minimum Gasteiger partial charge on any atom is -0.472 e. The zero-order valence-corrected chi connectivity index (χ0v) is 18.2. The van der Waals surface area contributed by atoms with Crippen molar-refractivity contribution in [3.8, 4) is 0 Å². The zero-order valence-electron chi connectivity index (χ0n) is 17.3. The van der Waals surface area contributed by atoms with Crippen LogP contribution in [-0.2, 0) is 33.4 Å². The molecule has 2 heterocycles. The van der Waals surface area contributed by atoms with E-state index in [2.05, 4.69) is 5.32 Å². The van der Waals surface area contributed by atoms with Crippen molar-refractivity contribution in [2.24, 2.45) is 5.92 Å². The predicted molar refractivity (Wildman–Crippen MR) is 118 cm³/mol. The third-order valence-corrected chi connectivity index (χ3v) is 7.38. The van der Waals surface area contributed by atoms with Crippen molar-refractivity contribution < 1.29 is 31.7 Å². The second-order valence-corrected chi connectivity index (χ2v) is 9.69. The molecular weight excluding hydrogens is 458 g/mol. The first-order valence-electron chi connectivity index (χ1n) is 10.3. The predicted octanol–water partition coefficient (Wildman–Crippen LogP) is 2.07. The number of rotatable bonds is 3. The van der Waals surface area contributed by atoms with Crippen LogP contribution in [0.2, 0.25) is 0 Å². The Morgan fingerprint density at radius 2 is 1.76 bits per heavy atom. The van der Waals surface area contributed by atoms with E-state index in [1.165, 1.54) is 30.4 Å². The Morgan fingerprint density at radius 3 is 2.56 bits per heavy atom. The second kappa shape index (κ2) is 6.88. The molecule has 2 amide bonds. The van der Waals surface area contributed by atoms with Crippen LogP contribution in [-0.4, -0.2) is 31.6 Å². The summed E-state index contributed by atoms with van der Waals surface area (Å²) in [6.45, 7) is 0. The highest BCUT2D eigenvalue weighted by Crippen LogP contribution is 2.49. The van der Waals surface area contributed by atoms with Gasteiger partial charge in [0, 0.05) is 22.8 Å². The molecule has 3 aliphatic carbocycles. The number of imide groups is 1. The van der Waals surface area contributed by atoms with Crippen LogP contribution in [0.1, 0.15) is 0 Å². The molecule has 1 N–H and O–H groups in total. The molecule has 1 fully saturated rings. The maximum Gasteiger partial charge on any atom is 0.339 e. The summed E-state index contributed by atoms with van der Waals surface area (Å²) in [6.07, 6.45) is 13.0. The van der Waals surface area contributed by atoms with E-state index in [9.17, 15) is 22.8 Å². The van der Waals surface area contributed by atoms with Crippen LogP contribution in [0.5, 0.6) is 0 Å². The molecule has 6 rings (SSSR count). The van der Waals surface area contributed by atoms with Crippen molar-refractivity contribution in [2.45, 2.75) is 10.5 Å². The van der Waals surface area contributed by atoms with Crippen LogP contribution in [0.25, 0.3) is 0 Å². The van der Waals surface area contributed by atoms with Crippen molar-refractivity contribution in [3.05, 3.63) is 113 Å². The standard InChI is InChI=1S/C25H15NO7S/c27-19-12-14-11-16-6-4-5-15-9-10-17(33-34(30,31)18-7-2-1-3-8-18)13-25(15,16)32-22(14)21-20(19)23(28)26-24(21)29/h1-13,20H,(H,26,28,29). The highest BCUT2D eigenvalue weighted by atomic mass is 32.2. The Hall–Kier alpha value is -4.24. The Bertz CT molecular complexity index is 1530. The summed E-state index contributed by atoms with van der Waals surface area (Å²) in [4.78, 5) is 37.2. The number of amides is 2. The molecule has 8 nitrogen and oxygen atoms in total. The minimum absolute atomic E-state index is 0.00284. The van der Waals surface area contributed by atoms with E-state index >= 15 is 0 Å². The first-order valence-corrected chi connectivity index (χ1v) is 11.8. The smallest absolute Gasteiger partial charge is 0.339 e. The summed E-state index contributed by atoms with van der Waals surface area (Å²) in [6, 6.07) is 7.73. The lowest BCUT2D eigenvalue weighted by Crippen LogP contribution is -2.41. The average Bonchev–Trinajstić information content (AvgIpc) is 3.12. The van der Waals surface area contributed by atoms with E-state index < -0.39 is 39.2 Å². The van der Waals surface area contributed by atoms with E-state index in [-0.39, 0.29) is 22.0 Å². The van der Waals surface area contributed by atoms with E-state index in [1.54, 1.807) is 48.6 Å². The van der Waals surface area contributed by atoms with Gasteiger partial charge >= 0.3 is 10.1 Å². The monoisotopic (exact) mass is 473 g/mol. The molecule has 1 aromatic carbocycles. The molecule has 2 atom stereocenters. The van der Waals surface area contributed by atoms with Crippen LogP contribution >= 0.6 is 0 Å². The SMILES string of the molecule is O=C1NC(=O)C2C(=O)C=C3C=C4C=CC=C5C=CC(OS(=O)(=O)c6ccccc6)=CC54OC3=C12. The summed E-state index contributed by atoms with van der Waals surface area (Å²) in [5.41, 5.74) is 0.292. The number of ether oxygens (including phenoxy) is 1. The highest BCUT2D eigenvalue weighted by molar-refractivity contribution is 7.86. The van der Waals surface area contributed by atoms with E-state index in [0.29, 0.717) is 16.7 Å². The largest absolute Gasteiger partial charge is 0.472 e. The molecule has 1 aromatic rings. The first-order chi connectivity index (χ1) is 16.3. The lowest BCUT2D eigenvalue weighted by molar-refractivity contribution is -0.129. The number of allylic oxidation sites excluding steroid dienone is 5. The minimum atomic E-state index is -4.11. The molecule has 2 aliphatic heterocycles. The molecule has 34 heavy (non-hydrogen) atoms. The van der Waals surface area contributed by atoms with Gasteiger partial charge in [0.2, 0.25) is 5.91 Å². The van der Waals surface area contributed by atoms with Gasteiger partial charge in [0.15, 0.2) is 11.4 Å². The number of carbonyl (C=O) groups excluding carboxylic acids is 3. The fourth-order valence-electron chi connectivity index (χ4n) is 4.58. The summed E-state index contributed by atoms with van der Waals surface area (Å²) < 4.78 is 37.3. The van der Waals surface area contributed by atoms with Gasteiger partial charge in [0.1, 0.15) is 22.3 Å². The van der Waals surface area contributed by atoms with Crippen molar-refractivity contribution in [2.75, 3.05) is 0 Å². The highest BCUT2D eigenvalue weighted by Gasteiger charge is 2.51. The fraction of sp³-hybridized carbons (Fsp3) is 0.0800. The molecule has 0 aromatic heterocycles. The third kappa shape index (κ3) is 2.83. The lowest BCUT2D eigenvalue weighted by atomic mass is 9.75. The molecule has 1 saturated heterocycles. The van der Waals surface area contributed by atoms with Gasteiger partial charge in [-0.3, -0.25) is 19.7 Å². The van der Waals surface area contributed by atoms with E-state index in [0.717, 1.165) is 0 Å². The van der Waals surface area contributed by atoms with Crippen molar-refractivity contribution >= 4 is 27.7 Å². The number of ketones is 1. The summed E-state index contributed by atoms with van der Waals surface area (Å²) in [5, 5.41) is 2.17. The van der Waals surface area contributed by atoms with Gasteiger partial charge in [0.25, 0.3) is 5.91 Å². The van der Waals surface area contributed by atoms with Crippen molar-refractivity contribution in [3.63, 3.8) is 0 Å². The Labute approximate surface area is 194 Å². The molecule has 0 radical (unpaired) electrons. The van der Waals surface area contributed by atoms with Crippen molar-refractivity contribution in [1.29, 1.82) is 0 Å². The molecule has 9 heteroatoms. The number of carbonyl (C=O) groups is 3. The maximum atomic E-state index is 12.8. The molecule has 5 aliphatic rings. The van der Waals surface area contributed by atoms with Crippen LogP contribution in [0.3, 0.4) is 0 Å². The molecule has 2 unspecified atom stereocenters. The normalized spacial score (nSPS) is 26.7. The second-order valence-electron chi connectivity index (χ2n) is 8.15. The van der Waals surface area contributed by atoms with Gasteiger partial charge in [-0.15, -0.1) is 0 Å². The number of benzene rings is 1. The Morgan fingerprint density at radius 1 is 0.971 bits per heavy atom. The van der Waals surface area contributed by atoms with E-state index in [1.807, 2.05) is 0 Å². The number of fused-ring (bicyclic) bond motifs is 2. The Kier molecular flexibility index (Phi) is 4.12. The maximum absolute atomic E-state index is 12.8. The first kappa shape index (κ1) is 20.4. The number of hydrogen-bond donors (Lipinski definition) is 1. The molecule has 0 saturated carbocycles. The quantitative estimate of drug-likeness (QED) is 0.406. The fourth-order valence-corrected chi connectivity index (χ4v) is 5.52. The van der Waals surface area contributed by atoms with Crippen molar-refractivity contribution in [1.82, 2.24) is 5.32 Å². The zero-order chi connectivity index (χ0) is 23.7. The van der Waals surface area contributed by atoms with Crippen LogP contribution in [0, 0.1) is 5.92 Å².